The highest BCUT2D eigenvalue weighted by molar-refractivity contribution is 5.85. The van der Waals surface area contributed by atoms with Crippen LogP contribution in [0.4, 0.5) is 0 Å². The molecule has 2 aromatic rings. The van der Waals surface area contributed by atoms with Crippen molar-refractivity contribution >= 4 is 10.8 Å². The van der Waals surface area contributed by atoms with Gasteiger partial charge in [0.2, 0.25) is 0 Å². The zero-order valence-corrected chi connectivity index (χ0v) is 7.62. The van der Waals surface area contributed by atoms with Gasteiger partial charge in [-0.15, -0.1) is 0 Å². The van der Waals surface area contributed by atoms with Gasteiger partial charge in [0.15, 0.2) is 0 Å². The van der Waals surface area contributed by atoms with Crippen molar-refractivity contribution in [3.05, 3.63) is 48.0 Å². The van der Waals surface area contributed by atoms with Crippen LogP contribution in [-0.4, -0.2) is 0 Å². The molecule has 0 amide bonds. The number of hydrogen-bond donors (Lipinski definition) is 1. The predicted octanol–water partition coefficient (Wildman–Crippen LogP) is 2.86. The lowest BCUT2D eigenvalue weighted by molar-refractivity contribution is 0.827. The monoisotopic (exact) mass is 172 g/mol. The third-order valence-electron chi connectivity index (χ3n) is 2.21. The molecule has 0 saturated carbocycles. The van der Waals surface area contributed by atoms with Gasteiger partial charge in [-0.1, -0.05) is 42.5 Å². The molecule has 2 aromatic carbocycles. The van der Waals surface area contributed by atoms with E-state index in [4.69, 9.17) is 7.10 Å². The average Bonchev–Trinajstić information content (AvgIpc) is 2.15. The van der Waals surface area contributed by atoms with Crippen molar-refractivity contribution in [3.63, 3.8) is 0 Å². The Hall–Kier alpha value is -1.34. The maximum absolute atomic E-state index is 7.83. The quantitative estimate of drug-likeness (QED) is 0.703. The van der Waals surface area contributed by atoms with Gasteiger partial charge in [0.05, 0.1) is 1.37 Å². The normalized spacial score (nSPS) is 16.6. The Morgan fingerprint density at radius 1 is 1.15 bits per heavy atom. The van der Waals surface area contributed by atoms with E-state index in [0.29, 0.717) is 0 Å². The van der Waals surface area contributed by atoms with E-state index in [1.807, 2.05) is 42.5 Å². The fourth-order valence-electron chi connectivity index (χ4n) is 1.57. The summed E-state index contributed by atoms with van der Waals surface area (Å²) in [5, 5.41) is 2.20. The smallest absolute Gasteiger partial charge is 0.0511 e. The molecule has 1 nitrogen and oxygen atoms in total. The zero-order valence-electron chi connectivity index (χ0n) is 8.62. The average molecular weight is 172 g/mol. The van der Waals surface area contributed by atoms with Crippen LogP contribution in [0.5, 0.6) is 0 Å². The van der Waals surface area contributed by atoms with E-state index >= 15 is 0 Å². The van der Waals surface area contributed by atoms with Gasteiger partial charge in [-0.2, -0.15) is 0 Å². The summed E-state index contributed by atoms with van der Waals surface area (Å²) in [7, 11) is 0. The molecule has 0 bridgehead atoms. The van der Waals surface area contributed by atoms with Crippen LogP contribution in [0, 0.1) is 0 Å². The van der Waals surface area contributed by atoms with Gasteiger partial charge in [0, 0.05) is 6.02 Å². The van der Waals surface area contributed by atoms with Crippen LogP contribution in [-0.2, 0) is 0 Å². The minimum absolute atomic E-state index is 0.871. The number of hydrogen-bond acceptors (Lipinski definition) is 1. The van der Waals surface area contributed by atoms with E-state index < -0.39 is 6.02 Å². The van der Waals surface area contributed by atoms with E-state index in [2.05, 4.69) is 0 Å². The fraction of sp³-hybridized carbons (Fsp3) is 0.167. The van der Waals surface area contributed by atoms with Crippen molar-refractivity contribution in [1.82, 2.24) is 0 Å². The molecule has 13 heavy (non-hydrogen) atoms. The highest BCUT2D eigenvalue weighted by Crippen LogP contribution is 2.22. The van der Waals surface area contributed by atoms with Gasteiger partial charge in [-0.3, -0.25) is 0 Å². The number of nitrogens with two attached hydrogens (primary N) is 1. The molecule has 1 atom stereocenters. The first-order valence-corrected chi connectivity index (χ1v) is 4.36. The highest BCUT2D eigenvalue weighted by atomic mass is 14.6. The molecular weight excluding hydrogens is 158 g/mol. The molecule has 0 heterocycles. The summed E-state index contributed by atoms with van der Waals surface area (Å²) in [6, 6.07) is 12.9. The summed E-state index contributed by atoms with van der Waals surface area (Å²) in [6.45, 7) is 1.70. The topological polar surface area (TPSA) is 26.0 Å². The summed E-state index contributed by atoms with van der Waals surface area (Å²) in [4.78, 5) is 0. The van der Waals surface area contributed by atoms with Gasteiger partial charge in [0.1, 0.15) is 0 Å². The standard InChI is InChI=1S/C12H13N/c1-9(13)11-8-4-6-10-5-2-3-7-12(10)11/h2-9H,13H2,1H3/t9-/m1/s1/i9D. The zero-order chi connectivity index (χ0) is 10.2. The van der Waals surface area contributed by atoms with Gasteiger partial charge < -0.3 is 5.73 Å². The van der Waals surface area contributed by atoms with Gasteiger partial charge in [-0.25, -0.2) is 0 Å². The van der Waals surface area contributed by atoms with Crippen LogP contribution < -0.4 is 5.73 Å². The first-order valence-electron chi connectivity index (χ1n) is 4.86. The van der Waals surface area contributed by atoms with Crippen molar-refractivity contribution in [2.45, 2.75) is 12.9 Å². The molecule has 0 radical (unpaired) electrons. The van der Waals surface area contributed by atoms with Crippen LogP contribution >= 0.6 is 0 Å². The summed E-state index contributed by atoms with van der Waals surface area (Å²) < 4.78 is 7.83. The Morgan fingerprint density at radius 2 is 1.85 bits per heavy atom. The molecule has 0 aliphatic rings. The second kappa shape index (κ2) is 3.19. The summed E-state index contributed by atoms with van der Waals surface area (Å²) >= 11 is 0. The molecule has 2 N–H and O–H groups in total. The van der Waals surface area contributed by atoms with E-state index in [1.54, 1.807) is 6.92 Å². The Kier molecular flexibility index (Phi) is 1.74. The van der Waals surface area contributed by atoms with Crippen LogP contribution in [0.1, 0.15) is 19.9 Å². The molecule has 0 fully saturated rings. The van der Waals surface area contributed by atoms with Crippen LogP contribution in [0.3, 0.4) is 0 Å². The van der Waals surface area contributed by atoms with E-state index in [1.165, 1.54) is 0 Å². The third-order valence-corrected chi connectivity index (χ3v) is 2.21. The second-order valence-electron chi connectivity index (χ2n) is 3.21. The molecular formula is C12H13N. The molecule has 0 unspecified atom stereocenters. The van der Waals surface area contributed by atoms with Crippen molar-refractivity contribution in [2.75, 3.05) is 0 Å². The largest absolute Gasteiger partial charge is 0.324 e. The third kappa shape index (κ3) is 1.43. The van der Waals surface area contributed by atoms with Crippen molar-refractivity contribution in [2.24, 2.45) is 5.73 Å². The van der Waals surface area contributed by atoms with Gasteiger partial charge in [0.25, 0.3) is 0 Å². The Morgan fingerprint density at radius 3 is 2.62 bits per heavy atom. The lowest BCUT2D eigenvalue weighted by Crippen LogP contribution is -2.05. The fourth-order valence-corrected chi connectivity index (χ4v) is 1.57. The molecule has 0 aromatic heterocycles. The Balaban J connectivity index is 2.78. The number of rotatable bonds is 1. The van der Waals surface area contributed by atoms with E-state index in [9.17, 15) is 0 Å². The molecule has 0 saturated heterocycles. The van der Waals surface area contributed by atoms with Crippen LogP contribution in [0.25, 0.3) is 10.8 Å². The van der Waals surface area contributed by atoms with Crippen molar-refractivity contribution < 1.29 is 1.37 Å². The van der Waals surface area contributed by atoms with Crippen LogP contribution in [0.2, 0.25) is 0 Å². The first kappa shape index (κ1) is 7.10. The van der Waals surface area contributed by atoms with E-state index in [0.717, 1.165) is 16.3 Å². The number of benzene rings is 2. The summed E-state index contributed by atoms with van der Waals surface area (Å²) in [5.41, 5.74) is 6.66. The molecule has 66 valence electrons. The number of fused-ring (bicyclic) bond motifs is 1. The van der Waals surface area contributed by atoms with Crippen molar-refractivity contribution in [1.29, 1.82) is 0 Å². The minimum Gasteiger partial charge on any atom is -0.324 e. The Bertz CT molecular complexity index is 452. The predicted molar refractivity (Wildman–Crippen MR) is 56.6 cm³/mol. The molecule has 0 aliphatic heterocycles. The van der Waals surface area contributed by atoms with Gasteiger partial charge >= 0.3 is 0 Å². The highest BCUT2D eigenvalue weighted by Gasteiger charge is 2.02. The molecule has 2 rings (SSSR count). The lowest BCUT2D eigenvalue weighted by Gasteiger charge is -2.09. The SMILES string of the molecule is [2H][C@](C)(N)c1cccc2ccccc12. The lowest BCUT2D eigenvalue weighted by atomic mass is 10.0. The summed E-state index contributed by atoms with van der Waals surface area (Å²) in [6.07, 6.45) is 0. The second-order valence-corrected chi connectivity index (χ2v) is 3.21. The first-order chi connectivity index (χ1) is 6.59. The van der Waals surface area contributed by atoms with Crippen LogP contribution in [0.15, 0.2) is 42.5 Å². The summed E-state index contributed by atoms with van der Waals surface area (Å²) in [5.74, 6) is 0. The Labute approximate surface area is 79.6 Å². The van der Waals surface area contributed by atoms with Crippen molar-refractivity contribution in [3.8, 4) is 0 Å². The minimum atomic E-state index is -1.03. The maximum Gasteiger partial charge on any atom is 0.0511 e. The molecule has 0 aliphatic carbocycles. The molecule has 0 spiro atoms. The maximum atomic E-state index is 7.83. The molecule has 1 heteroatoms. The van der Waals surface area contributed by atoms with E-state index in [-0.39, 0.29) is 0 Å². The van der Waals surface area contributed by atoms with Gasteiger partial charge in [-0.05, 0) is 23.3 Å².